The summed E-state index contributed by atoms with van der Waals surface area (Å²) in [7, 11) is 0. The van der Waals surface area contributed by atoms with Crippen LogP contribution in [-0.4, -0.2) is 5.91 Å². The molecule has 0 unspecified atom stereocenters. The molecule has 1 N–H and O–H groups in total. The molecule has 0 aromatic heterocycles. The van der Waals surface area contributed by atoms with E-state index in [-0.39, 0.29) is 5.56 Å². The molecule has 104 valence electrons. The molecule has 0 saturated carbocycles. The van der Waals surface area contributed by atoms with Crippen LogP contribution in [-0.2, 0) is 0 Å². The number of carbonyl (C=O) groups is 1. The molecule has 2 aromatic rings. The van der Waals surface area contributed by atoms with Gasteiger partial charge in [0.2, 0.25) is 0 Å². The molecule has 2 aromatic carbocycles. The number of hydrogen-bond donors (Lipinski definition) is 1. The van der Waals surface area contributed by atoms with Crippen LogP contribution in [0.25, 0.3) is 6.08 Å². The summed E-state index contributed by atoms with van der Waals surface area (Å²) in [6.45, 7) is 0. The van der Waals surface area contributed by atoms with Crippen molar-refractivity contribution in [2.75, 3.05) is 5.32 Å². The van der Waals surface area contributed by atoms with Gasteiger partial charge in [0.05, 0.1) is 11.6 Å². The van der Waals surface area contributed by atoms with Crippen LogP contribution in [0.3, 0.4) is 0 Å². The lowest BCUT2D eigenvalue weighted by molar-refractivity contribution is 0.102. The van der Waals surface area contributed by atoms with Gasteiger partial charge >= 0.3 is 0 Å². The molecule has 1 amide bonds. The van der Waals surface area contributed by atoms with E-state index in [1.54, 1.807) is 30.3 Å². The highest BCUT2D eigenvalue weighted by atomic mass is 79.9. The number of benzene rings is 2. The minimum Gasteiger partial charge on any atom is -0.322 e. The van der Waals surface area contributed by atoms with Crippen molar-refractivity contribution in [2.24, 2.45) is 0 Å². The maximum absolute atomic E-state index is 13.6. The highest BCUT2D eigenvalue weighted by molar-refractivity contribution is 9.10. The molecule has 0 fully saturated rings. The van der Waals surface area contributed by atoms with E-state index in [0.717, 1.165) is 5.56 Å². The van der Waals surface area contributed by atoms with Gasteiger partial charge in [0.1, 0.15) is 5.82 Å². The molecule has 0 aliphatic rings. The maximum atomic E-state index is 13.6. The van der Waals surface area contributed by atoms with Crippen LogP contribution < -0.4 is 5.32 Å². The Morgan fingerprint density at radius 3 is 2.86 bits per heavy atom. The Labute approximate surface area is 129 Å². The van der Waals surface area contributed by atoms with E-state index in [1.165, 1.54) is 24.3 Å². The molecule has 0 aliphatic heterocycles. The Kier molecular flexibility index (Phi) is 4.85. The first-order valence-electron chi connectivity index (χ1n) is 6.03. The highest BCUT2D eigenvalue weighted by Gasteiger charge is 2.12. The third-order valence-electron chi connectivity index (χ3n) is 2.67. The van der Waals surface area contributed by atoms with Crippen molar-refractivity contribution in [2.45, 2.75) is 0 Å². The van der Waals surface area contributed by atoms with Crippen molar-refractivity contribution in [1.82, 2.24) is 0 Å². The Hall–Kier alpha value is -2.45. The van der Waals surface area contributed by atoms with Gasteiger partial charge in [0.25, 0.3) is 5.91 Å². The standard InChI is InChI=1S/C16H10BrFN2O/c17-12-6-7-15(18)14(10-12)16(21)20-13-5-1-3-11(9-13)4-2-8-19/h1-7,9-10H,(H,20,21). The molecule has 2 rings (SSSR count). The van der Waals surface area contributed by atoms with Gasteiger partial charge in [-0.05, 0) is 42.0 Å². The zero-order chi connectivity index (χ0) is 15.2. The summed E-state index contributed by atoms with van der Waals surface area (Å²) in [6, 6.07) is 13.0. The first kappa shape index (κ1) is 14.9. The largest absolute Gasteiger partial charge is 0.322 e. The minimum atomic E-state index is -0.587. The van der Waals surface area contributed by atoms with Crippen LogP contribution in [0.4, 0.5) is 10.1 Å². The molecular weight excluding hydrogens is 335 g/mol. The Morgan fingerprint density at radius 1 is 1.29 bits per heavy atom. The topological polar surface area (TPSA) is 52.9 Å². The Bertz CT molecular complexity index is 750. The normalized spacial score (nSPS) is 10.3. The lowest BCUT2D eigenvalue weighted by Crippen LogP contribution is -2.13. The predicted molar refractivity (Wildman–Crippen MR) is 83.1 cm³/mol. The van der Waals surface area contributed by atoms with Gasteiger partial charge in [0, 0.05) is 16.2 Å². The fourth-order valence-corrected chi connectivity index (χ4v) is 2.08. The molecule has 0 saturated heterocycles. The predicted octanol–water partition coefficient (Wildman–Crippen LogP) is 4.38. The van der Waals surface area contributed by atoms with Crippen LogP contribution in [0.2, 0.25) is 0 Å². The average molecular weight is 345 g/mol. The summed E-state index contributed by atoms with van der Waals surface area (Å²) in [5, 5.41) is 11.1. The average Bonchev–Trinajstić information content (AvgIpc) is 2.48. The van der Waals surface area contributed by atoms with Gasteiger partial charge in [-0.25, -0.2) is 4.39 Å². The fourth-order valence-electron chi connectivity index (χ4n) is 1.72. The van der Waals surface area contributed by atoms with Gasteiger partial charge in [-0.3, -0.25) is 4.79 Å². The molecule has 0 heterocycles. The minimum absolute atomic E-state index is 0.0395. The molecule has 3 nitrogen and oxygen atoms in total. The molecular formula is C16H10BrFN2O. The van der Waals surface area contributed by atoms with Crippen molar-refractivity contribution in [1.29, 1.82) is 5.26 Å². The van der Waals surface area contributed by atoms with E-state index < -0.39 is 11.7 Å². The van der Waals surface area contributed by atoms with E-state index in [4.69, 9.17) is 5.26 Å². The Morgan fingerprint density at radius 2 is 2.10 bits per heavy atom. The zero-order valence-electron chi connectivity index (χ0n) is 10.8. The van der Waals surface area contributed by atoms with Crippen molar-refractivity contribution in [3.8, 4) is 6.07 Å². The second kappa shape index (κ2) is 6.82. The van der Waals surface area contributed by atoms with Gasteiger partial charge in [-0.1, -0.05) is 28.1 Å². The molecule has 0 aliphatic carbocycles. The highest BCUT2D eigenvalue weighted by Crippen LogP contribution is 2.18. The van der Waals surface area contributed by atoms with Crippen molar-refractivity contribution < 1.29 is 9.18 Å². The van der Waals surface area contributed by atoms with Crippen LogP contribution in [0, 0.1) is 17.1 Å². The first-order chi connectivity index (χ1) is 10.1. The number of hydrogen-bond acceptors (Lipinski definition) is 2. The third kappa shape index (κ3) is 4.01. The summed E-state index contributed by atoms with van der Waals surface area (Å²) < 4.78 is 14.3. The fraction of sp³-hybridized carbons (Fsp3) is 0. The van der Waals surface area contributed by atoms with Gasteiger partial charge in [-0.15, -0.1) is 0 Å². The van der Waals surface area contributed by atoms with E-state index in [9.17, 15) is 9.18 Å². The van der Waals surface area contributed by atoms with Crippen LogP contribution in [0.5, 0.6) is 0 Å². The van der Waals surface area contributed by atoms with Crippen LogP contribution >= 0.6 is 15.9 Å². The molecule has 0 atom stereocenters. The summed E-state index contributed by atoms with van der Waals surface area (Å²) >= 11 is 3.20. The molecule has 21 heavy (non-hydrogen) atoms. The monoisotopic (exact) mass is 344 g/mol. The molecule has 0 bridgehead atoms. The summed E-state index contributed by atoms with van der Waals surface area (Å²) in [4.78, 5) is 12.1. The number of carbonyl (C=O) groups excluding carboxylic acids is 1. The number of nitrogens with one attached hydrogen (secondary N) is 1. The van der Waals surface area contributed by atoms with E-state index >= 15 is 0 Å². The summed E-state index contributed by atoms with van der Waals surface area (Å²) in [5.74, 6) is -1.12. The number of nitrogens with zero attached hydrogens (tertiary/aromatic N) is 1. The second-order valence-electron chi connectivity index (χ2n) is 4.17. The number of amides is 1. The van der Waals surface area contributed by atoms with Crippen molar-refractivity contribution >= 4 is 33.6 Å². The molecule has 0 radical (unpaired) electrons. The van der Waals surface area contributed by atoms with E-state index in [0.29, 0.717) is 10.2 Å². The SMILES string of the molecule is N#CC=Cc1cccc(NC(=O)c2cc(Br)ccc2F)c1. The summed E-state index contributed by atoms with van der Waals surface area (Å²) in [6.07, 6.45) is 2.96. The summed E-state index contributed by atoms with van der Waals surface area (Å²) in [5.41, 5.74) is 1.26. The van der Waals surface area contributed by atoms with Gasteiger partial charge in [0.15, 0.2) is 0 Å². The third-order valence-corrected chi connectivity index (χ3v) is 3.16. The molecule has 5 heteroatoms. The second-order valence-corrected chi connectivity index (χ2v) is 5.08. The van der Waals surface area contributed by atoms with E-state index in [2.05, 4.69) is 21.2 Å². The zero-order valence-corrected chi connectivity index (χ0v) is 12.4. The van der Waals surface area contributed by atoms with E-state index in [1.807, 2.05) is 6.07 Å². The Balaban J connectivity index is 2.22. The molecule has 0 spiro atoms. The number of halogens is 2. The van der Waals surface area contributed by atoms with Crippen LogP contribution in [0.1, 0.15) is 15.9 Å². The first-order valence-corrected chi connectivity index (χ1v) is 6.82. The van der Waals surface area contributed by atoms with Gasteiger partial charge < -0.3 is 5.32 Å². The number of nitriles is 1. The lowest BCUT2D eigenvalue weighted by atomic mass is 10.1. The number of allylic oxidation sites excluding steroid dienone is 1. The smallest absolute Gasteiger partial charge is 0.258 e. The van der Waals surface area contributed by atoms with Crippen molar-refractivity contribution in [3.05, 3.63) is 70.0 Å². The number of anilines is 1. The quantitative estimate of drug-likeness (QED) is 0.840. The van der Waals surface area contributed by atoms with Crippen molar-refractivity contribution in [3.63, 3.8) is 0 Å². The lowest BCUT2D eigenvalue weighted by Gasteiger charge is -2.07. The number of rotatable bonds is 3. The van der Waals surface area contributed by atoms with Crippen LogP contribution in [0.15, 0.2) is 53.0 Å². The maximum Gasteiger partial charge on any atom is 0.258 e. The van der Waals surface area contributed by atoms with Gasteiger partial charge in [-0.2, -0.15) is 5.26 Å².